The van der Waals surface area contributed by atoms with E-state index in [-0.39, 0.29) is 5.75 Å². The van der Waals surface area contributed by atoms with Gasteiger partial charge in [0.25, 0.3) is 0 Å². The molecule has 0 aliphatic heterocycles. The van der Waals surface area contributed by atoms with Crippen molar-refractivity contribution in [2.75, 3.05) is 18.6 Å². The van der Waals surface area contributed by atoms with E-state index in [4.69, 9.17) is 0 Å². The molecular weight excluding hydrogens is 280 g/mol. The number of sulfone groups is 1. The topological polar surface area (TPSA) is 59.1 Å². The van der Waals surface area contributed by atoms with E-state index in [1.54, 1.807) is 11.3 Å². The molecule has 0 unspecified atom stereocenters. The van der Waals surface area contributed by atoms with Gasteiger partial charge >= 0.3 is 0 Å². The molecule has 1 N–H and O–H groups in total. The molecule has 2 heterocycles. The van der Waals surface area contributed by atoms with Gasteiger partial charge < -0.3 is 5.32 Å². The van der Waals surface area contributed by atoms with Crippen LogP contribution < -0.4 is 5.32 Å². The summed E-state index contributed by atoms with van der Waals surface area (Å²) >= 11 is 1.66. The van der Waals surface area contributed by atoms with Crippen molar-refractivity contribution in [2.45, 2.75) is 6.54 Å². The first-order valence-corrected chi connectivity index (χ1v) is 8.86. The fourth-order valence-corrected chi connectivity index (χ4v) is 2.81. The summed E-state index contributed by atoms with van der Waals surface area (Å²) in [4.78, 5) is 5.55. The molecule has 2 rings (SSSR count). The van der Waals surface area contributed by atoms with Crippen LogP contribution in [0.5, 0.6) is 0 Å². The highest BCUT2D eigenvalue weighted by atomic mass is 32.2. The van der Waals surface area contributed by atoms with Gasteiger partial charge in [0.05, 0.1) is 16.3 Å². The fourth-order valence-electron chi connectivity index (χ4n) is 1.59. The van der Waals surface area contributed by atoms with Gasteiger partial charge in [0, 0.05) is 25.5 Å². The maximum atomic E-state index is 11.0. The number of nitrogens with zero attached hydrogens (tertiary/aromatic N) is 1. The average Bonchev–Trinajstić information content (AvgIpc) is 2.88. The number of thiophene rings is 1. The minimum absolute atomic E-state index is 0.160. The Morgan fingerprint density at radius 1 is 1.32 bits per heavy atom. The Hall–Kier alpha value is -1.24. The van der Waals surface area contributed by atoms with Crippen molar-refractivity contribution < 1.29 is 8.42 Å². The maximum absolute atomic E-state index is 11.0. The molecule has 0 atom stereocenters. The average molecular weight is 296 g/mol. The van der Waals surface area contributed by atoms with Crippen LogP contribution in [-0.2, 0) is 16.4 Å². The van der Waals surface area contributed by atoms with Crippen molar-refractivity contribution in [2.24, 2.45) is 0 Å². The second-order valence-corrected chi connectivity index (χ2v) is 7.54. The lowest BCUT2D eigenvalue weighted by Gasteiger charge is -2.04. The summed E-state index contributed by atoms with van der Waals surface area (Å²) in [5.41, 5.74) is 2.02. The minimum Gasteiger partial charge on any atom is -0.312 e. The van der Waals surface area contributed by atoms with Crippen molar-refractivity contribution in [1.29, 1.82) is 0 Å². The first-order chi connectivity index (χ1) is 9.04. The summed E-state index contributed by atoms with van der Waals surface area (Å²) in [5.74, 6) is 0.160. The normalized spacial score (nSPS) is 11.6. The Labute approximate surface area is 117 Å². The van der Waals surface area contributed by atoms with Crippen molar-refractivity contribution in [1.82, 2.24) is 10.3 Å². The SMILES string of the molecule is CS(=O)(=O)CCNCc1ccc(-c2cccs2)nc1. The molecule has 6 heteroatoms. The van der Waals surface area contributed by atoms with E-state index in [1.807, 2.05) is 35.8 Å². The summed E-state index contributed by atoms with van der Waals surface area (Å²) in [7, 11) is -2.89. The number of pyridine rings is 1. The minimum atomic E-state index is -2.89. The molecule has 19 heavy (non-hydrogen) atoms. The molecule has 102 valence electrons. The number of nitrogens with one attached hydrogen (secondary N) is 1. The molecule has 0 bridgehead atoms. The van der Waals surface area contributed by atoms with Crippen molar-refractivity contribution in [3.8, 4) is 10.6 Å². The lowest BCUT2D eigenvalue weighted by atomic mass is 10.2. The van der Waals surface area contributed by atoms with E-state index in [0.29, 0.717) is 13.1 Å². The molecule has 4 nitrogen and oxygen atoms in total. The Kier molecular flexibility index (Phi) is 4.68. The summed E-state index contributed by atoms with van der Waals surface area (Å²) in [6.45, 7) is 1.10. The van der Waals surface area contributed by atoms with E-state index in [9.17, 15) is 8.42 Å². The van der Waals surface area contributed by atoms with Crippen LogP contribution in [0, 0.1) is 0 Å². The van der Waals surface area contributed by atoms with E-state index >= 15 is 0 Å². The molecule has 0 radical (unpaired) electrons. The van der Waals surface area contributed by atoms with Crippen LogP contribution in [0.2, 0.25) is 0 Å². The first-order valence-electron chi connectivity index (χ1n) is 5.92. The van der Waals surface area contributed by atoms with Crippen LogP contribution in [-0.4, -0.2) is 32.0 Å². The molecule has 0 aromatic carbocycles. The van der Waals surface area contributed by atoms with Gasteiger partial charge in [-0.15, -0.1) is 11.3 Å². The molecule has 0 aliphatic carbocycles. The van der Waals surface area contributed by atoms with E-state index in [0.717, 1.165) is 16.1 Å². The highest BCUT2D eigenvalue weighted by Crippen LogP contribution is 2.22. The Morgan fingerprint density at radius 2 is 2.16 bits per heavy atom. The van der Waals surface area contributed by atoms with Crippen LogP contribution in [0.4, 0.5) is 0 Å². The number of aromatic nitrogens is 1. The molecule has 0 spiro atoms. The van der Waals surface area contributed by atoms with Gasteiger partial charge in [-0.3, -0.25) is 4.98 Å². The summed E-state index contributed by atoms with van der Waals surface area (Å²) in [6.07, 6.45) is 3.06. The zero-order chi connectivity index (χ0) is 13.7. The molecule has 0 aliphatic rings. The van der Waals surface area contributed by atoms with Crippen LogP contribution in [0.15, 0.2) is 35.8 Å². The van der Waals surface area contributed by atoms with Crippen LogP contribution in [0.3, 0.4) is 0 Å². The predicted molar refractivity (Wildman–Crippen MR) is 79.0 cm³/mol. The van der Waals surface area contributed by atoms with E-state index in [2.05, 4.69) is 10.3 Å². The van der Waals surface area contributed by atoms with Crippen LogP contribution in [0.1, 0.15) is 5.56 Å². The maximum Gasteiger partial charge on any atom is 0.148 e. The van der Waals surface area contributed by atoms with Crippen molar-refractivity contribution >= 4 is 21.2 Å². The third-order valence-corrected chi connectivity index (χ3v) is 4.42. The first kappa shape index (κ1) is 14.2. The molecule has 0 saturated carbocycles. The van der Waals surface area contributed by atoms with E-state index < -0.39 is 9.84 Å². The zero-order valence-corrected chi connectivity index (χ0v) is 12.3. The van der Waals surface area contributed by atoms with Crippen LogP contribution in [0.25, 0.3) is 10.6 Å². The van der Waals surface area contributed by atoms with Gasteiger partial charge in [0.2, 0.25) is 0 Å². The zero-order valence-electron chi connectivity index (χ0n) is 10.7. The fraction of sp³-hybridized carbons (Fsp3) is 0.308. The van der Waals surface area contributed by atoms with E-state index in [1.165, 1.54) is 6.26 Å². The number of hydrogen-bond acceptors (Lipinski definition) is 5. The largest absolute Gasteiger partial charge is 0.312 e. The van der Waals surface area contributed by atoms with Gasteiger partial charge in [-0.05, 0) is 23.1 Å². The Morgan fingerprint density at radius 3 is 2.74 bits per heavy atom. The molecular formula is C13H16N2O2S2. The lowest BCUT2D eigenvalue weighted by molar-refractivity contribution is 0.596. The second kappa shape index (κ2) is 6.27. The smallest absolute Gasteiger partial charge is 0.148 e. The van der Waals surface area contributed by atoms with Crippen molar-refractivity contribution in [3.05, 3.63) is 41.4 Å². The van der Waals surface area contributed by atoms with Crippen LogP contribution >= 0.6 is 11.3 Å². The molecule has 2 aromatic rings. The molecule has 0 saturated heterocycles. The number of hydrogen-bond donors (Lipinski definition) is 1. The third-order valence-electron chi connectivity index (χ3n) is 2.58. The van der Waals surface area contributed by atoms with Gasteiger partial charge in [-0.2, -0.15) is 0 Å². The number of rotatable bonds is 6. The summed E-state index contributed by atoms with van der Waals surface area (Å²) in [5, 5.41) is 5.12. The molecule has 0 amide bonds. The van der Waals surface area contributed by atoms with Gasteiger partial charge in [0.1, 0.15) is 9.84 Å². The monoisotopic (exact) mass is 296 g/mol. The Balaban J connectivity index is 1.86. The summed E-state index contributed by atoms with van der Waals surface area (Å²) in [6, 6.07) is 8.04. The standard InChI is InChI=1S/C13H16N2O2S2/c1-19(16,17)8-6-14-9-11-4-5-12(15-10-11)13-3-2-7-18-13/h2-5,7,10,14H,6,8-9H2,1H3. The third kappa shape index (κ3) is 4.74. The predicted octanol–water partition coefficient (Wildman–Crippen LogP) is 1.94. The lowest BCUT2D eigenvalue weighted by Crippen LogP contribution is -2.21. The Bertz CT molecular complexity index is 605. The highest BCUT2D eigenvalue weighted by Gasteiger charge is 2.02. The highest BCUT2D eigenvalue weighted by molar-refractivity contribution is 7.90. The molecule has 0 fully saturated rings. The summed E-state index contributed by atoms with van der Waals surface area (Å²) < 4.78 is 21.9. The molecule has 2 aromatic heterocycles. The van der Waals surface area contributed by atoms with Crippen molar-refractivity contribution in [3.63, 3.8) is 0 Å². The van der Waals surface area contributed by atoms with Gasteiger partial charge in [0.15, 0.2) is 0 Å². The quantitative estimate of drug-likeness (QED) is 0.828. The second-order valence-electron chi connectivity index (χ2n) is 4.34. The van der Waals surface area contributed by atoms with Gasteiger partial charge in [-0.1, -0.05) is 12.1 Å². The van der Waals surface area contributed by atoms with Gasteiger partial charge in [-0.25, -0.2) is 8.42 Å².